The summed E-state index contributed by atoms with van der Waals surface area (Å²) in [5.41, 5.74) is 0. The molecule has 158 valence electrons. The summed E-state index contributed by atoms with van der Waals surface area (Å²) in [5, 5.41) is 0. The molecule has 0 aromatic rings. The van der Waals surface area contributed by atoms with Gasteiger partial charge in [0, 0.05) is 0 Å². The van der Waals surface area contributed by atoms with Crippen molar-refractivity contribution >= 4 is 30.7 Å². The van der Waals surface area contributed by atoms with Crippen molar-refractivity contribution in [3.8, 4) is 0 Å². The molecule has 2 heterocycles. The molecule has 2 aliphatic heterocycles. The van der Waals surface area contributed by atoms with Crippen molar-refractivity contribution in [1.82, 2.24) is 9.62 Å². The van der Waals surface area contributed by atoms with Gasteiger partial charge in [-0.2, -0.15) is 0 Å². The number of hydrogen-bond acceptors (Lipinski definition) is 2. The predicted molar refractivity (Wildman–Crippen MR) is 130 cm³/mol. The number of hydrogen-bond donors (Lipinski definition) is 0. The molecule has 10 radical (unpaired) electrons. The van der Waals surface area contributed by atoms with Crippen LogP contribution in [0.4, 0.5) is 0 Å². The van der Waals surface area contributed by atoms with E-state index in [9.17, 15) is 0 Å². The van der Waals surface area contributed by atoms with Gasteiger partial charge in [-0.05, 0) is 88.0 Å². The molecule has 0 N–H and O–H groups in total. The SMILES string of the molecule is CC(C)N(B1[CH][CH][CH][CH][CH]1)C(C)C.CC(C)N(B1[CH][CH][CH][CH][CH]1)C(C)C.[Cl][Zr+2][Cl]. The van der Waals surface area contributed by atoms with E-state index < -0.39 is 20.8 Å². The molecule has 2 nitrogen and oxygen atoms in total. The molecule has 0 atom stereocenters. The molecule has 2 saturated heterocycles. The summed E-state index contributed by atoms with van der Waals surface area (Å²) in [7, 11) is 9.87. The van der Waals surface area contributed by atoms with Crippen LogP contribution in [0.3, 0.4) is 0 Å². The van der Waals surface area contributed by atoms with Gasteiger partial charge < -0.3 is 9.62 Å². The van der Waals surface area contributed by atoms with Gasteiger partial charge in [-0.1, -0.05) is 55.4 Å². The Balaban J connectivity index is 0.000000477. The fourth-order valence-corrected chi connectivity index (χ4v) is 3.94. The normalized spacial score (nSPS) is 17.5. The van der Waals surface area contributed by atoms with Crippen LogP contribution in [0.1, 0.15) is 55.4 Å². The summed E-state index contributed by atoms with van der Waals surface area (Å²) in [5.74, 6) is 0. The molecule has 2 fully saturated rings. The van der Waals surface area contributed by atoms with E-state index in [0.29, 0.717) is 37.9 Å². The summed E-state index contributed by atoms with van der Waals surface area (Å²) in [6.07, 6.45) is 21.7. The van der Waals surface area contributed by atoms with Crippen molar-refractivity contribution in [3.05, 3.63) is 63.8 Å². The molecule has 0 saturated carbocycles. The Bertz CT molecular complexity index is 326. The monoisotopic (exact) mass is 512 g/mol. The van der Waals surface area contributed by atoms with Gasteiger partial charge in [-0.25, -0.2) is 0 Å². The Labute approximate surface area is 203 Å². The molecule has 29 heavy (non-hydrogen) atoms. The number of nitrogens with zero attached hydrogens (tertiary/aromatic N) is 2. The predicted octanol–water partition coefficient (Wildman–Crippen LogP) is 5.80. The van der Waals surface area contributed by atoms with Crippen LogP contribution in [0.15, 0.2) is 0 Å². The molecule has 0 aromatic heterocycles. The topological polar surface area (TPSA) is 6.48 Å². The third-order valence-electron chi connectivity index (χ3n) is 4.75. The van der Waals surface area contributed by atoms with E-state index in [-0.39, 0.29) is 0 Å². The minimum atomic E-state index is -0.826. The number of halogens is 2. The van der Waals surface area contributed by atoms with E-state index >= 15 is 0 Å². The molecule has 0 bridgehead atoms. The fraction of sp³-hybridized carbons (Fsp3) is 0.545. The van der Waals surface area contributed by atoms with Crippen LogP contribution in [0.25, 0.3) is 0 Å². The Hall–Kier alpha value is 1.51. The van der Waals surface area contributed by atoms with Crippen molar-refractivity contribution in [2.24, 2.45) is 0 Å². The van der Waals surface area contributed by atoms with E-state index in [2.05, 4.69) is 129 Å². The van der Waals surface area contributed by atoms with Gasteiger partial charge in [0.15, 0.2) is 0 Å². The second-order valence-corrected chi connectivity index (χ2v) is 12.0. The zero-order valence-corrected chi connectivity index (χ0v) is 23.4. The molecule has 0 spiro atoms. The summed E-state index contributed by atoms with van der Waals surface area (Å²) in [6.45, 7) is 19.0. The van der Waals surface area contributed by atoms with Gasteiger partial charge in [0.2, 0.25) is 13.7 Å². The van der Waals surface area contributed by atoms with E-state index in [0.717, 1.165) is 0 Å². The Morgan fingerprint density at radius 3 is 0.897 bits per heavy atom. The van der Waals surface area contributed by atoms with Crippen LogP contribution in [0.2, 0.25) is 0 Å². The average molecular weight is 514 g/mol. The first-order chi connectivity index (χ1) is 13.7. The zero-order valence-electron chi connectivity index (χ0n) is 19.4. The molecular weight excluding hydrogens is 476 g/mol. The zero-order chi connectivity index (χ0) is 22.4. The van der Waals surface area contributed by atoms with E-state index in [1.54, 1.807) is 0 Å². The first-order valence-corrected chi connectivity index (χ1v) is 16.9. The van der Waals surface area contributed by atoms with E-state index in [4.69, 9.17) is 17.0 Å². The molecule has 0 aliphatic carbocycles. The van der Waals surface area contributed by atoms with Crippen LogP contribution >= 0.6 is 17.0 Å². The van der Waals surface area contributed by atoms with Gasteiger partial charge >= 0.3 is 37.9 Å². The van der Waals surface area contributed by atoms with E-state index in [1.807, 2.05) is 0 Å². The fourth-order valence-electron chi connectivity index (χ4n) is 3.94. The van der Waals surface area contributed by atoms with Crippen LogP contribution in [-0.4, -0.2) is 47.5 Å². The molecule has 2 aliphatic rings. The standard InChI is InChI=1S/2C11H19BN.2ClH.Zr/c2*1-10(2)13(11(3)4)12-8-6-5-7-9-12;;;/h2*5-11H,1-4H3;2*1H;/q;;;;+4/p-2. The molecule has 0 unspecified atom stereocenters. The van der Waals surface area contributed by atoms with Gasteiger partial charge in [0.1, 0.15) is 0 Å². The van der Waals surface area contributed by atoms with Gasteiger partial charge in [0.25, 0.3) is 0 Å². The summed E-state index contributed by atoms with van der Waals surface area (Å²) < 4.78 is 0. The van der Waals surface area contributed by atoms with Crippen molar-refractivity contribution in [2.45, 2.75) is 79.6 Å². The second-order valence-electron chi connectivity index (χ2n) is 8.25. The summed E-state index contributed by atoms with van der Waals surface area (Å²) in [6, 6.07) is 2.38. The third-order valence-corrected chi connectivity index (χ3v) is 4.75. The summed E-state index contributed by atoms with van der Waals surface area (Å²) in [4.78, 5) is 5.00. The van der Waals surface area contributed by atoms with Gasteiger partial charge in [-0.15, -0.1) is 0 Å². The van der Waals surface area contributed by atoms with Crippen LogP contribution < -0.4 is 0 Å². The quantitative estimate of drug-likeness (QED) is 0.414. The first-order valence-electron chi connectivity index (χ1n) is 10.5. The van der Waals surface area contributed by atoms with Crippen molar-refractivity contribution in [3.63, 3.8) is 0 Å². The van der Waals surface area contributed by atoms with Crippen LogP contribution in [-0.2, 0) is 20.8 Å². The summed E-state index contributed by atoms with van der Waals surface area (Å²) >= 11 is -0.826. The Morgan fingerprint density at radius 2 is 0.724 bits per heavy atom. The van der Waals surface area contributed by atoms with Crippen molar-refractivity contribution in [2.75, 3.05) is 0 Å². The molecule has 7 heteroatoms. The Morgan fingerprint density at radius 1 is 0.517 bits per heavy atom. The maximum absolute atomic E-state index is 4.93. The minimum absolute atomic E-state index is 0.477. The van der Waals surface area contributed by atoms with Crippen molar-refractivity contribution in [1.29, 1.82) is 0 Å². The Kier molecular flexibility index (Phi) is 18.9. The van der Waals surface area contributed by atoms with Crippen molar-refractivity contribution < 1.29 is 20.8 Å². The second kappa shape index (κ2) is 18.0. The van der Waals surface area contributed by atoms with Crippen LogP contribution in [0.5, 0.6) is 0 Å². The molecule has 2 rings (SSSR count). The first kappa shape index (κ1) is 30.5. The molecule has 0 amide bonds. The average Bonchev–Trinajstić information content (AvgIpc) is 2.63. The van der Waals surface area contributed by atoms with Gasteiger partial charge in [0.05, 0.1) is 0 Å². The molecule has 0 aromatic carbocycles. The van der Waals surface area contributed by atoms with E-state index in [1.165, 1.54) is 0 Å². The van der Waals surface area contributed by atoms with Crippen LogP contribution in [0, 0.1) is 63.8 Å². The molecular formula is C22H38B2Cl2N2Zr+2. The number of rotatable bonds is 6. The maximum atomic E-state index is 4.93. The van der Waals surface area contributed by atoms with Gasteiger partial charge in [-0.3, -0.25) is 0 Å². The third kappa shape index (κ3) is 13.0.